The Morgan fingerprint density at radius 1 is 1.62 bits per heavy atom. The third-order valence-corrected chi connectivity index (χ3v) is 6.58. The van der Waals surface area contributed by atoms with Crippen molar-refractivity contribution in [1.29, 1.82) is 0 Å². The number of methoxy groups -OCH3 is 1. The van der Waals surface area contributed by atoms with Crippen molar-refractivity contribution < 1.29 is 29.1 Å². The molecule has 154 valence electrons. The number of hydrogen-bond donors (Lipinski definition) is 3. The Labute approximate surface area is 173 Å². The predicted octanol–water partition coefficient (Wildman–Crippen LogP) is -1.05. The maximum atomic E-state index is 12.7. The molecule has 0 radical (unpaired) electrons. The number of nitrogens with one attached hydrogen (secondary N) is 1. The van der Waals surface area contributed by atoms with Gasteiger partial charge in [0, 0.05) is 18.2 Å². The molecule has 2 fully saturated rings. The summed E-state index contributed by atoms with van der Waals surface area (Å²) in [7, 11) is 1.29. The van der Waals surface area contributed by atoms with Crippen LogP contribution in [0.1, 0.15) is 5.69 Å². The third kappa shape index (κ3) is 3.86. The van der Waals surface area contributed by atoms with Crippen molar-refractivity contribution in [3.05, 3.63) is 11.1 Å². The first-order valence-electron chi connectivity index (χ1n) is 8.19. The molecule has 3 atom stereocenters. The van der Waals surface area contributed by atoms with Gasteiger partial charge in [0.2, 0.25) is 5.91 Å². The normalized spacial score (nSPS) is 26.1. The van der Waals surface area contributed by atoms with E-state index in [0.29, 0.717) is 0 Å². The van der Waals surface area contributed by atoms with E-state index in [1.54, 1.807) is 0 Å². The molecule has 11 nitrogen and oxygen atoms in total. The zero-order chi connectivity index (χ0) is 21.2. The Morgan fingerprint density at radius 2 is 2.38 bits per heavy atom. The van der Waals surface area contributed by atoms with E-state index in [4.69, 9.17) is 21.7 Å². The molecule has 0 saturated carbocycles. The summed E-state index contributed by atoms with van der Waals surface area (Å²) in [5, 5.41) is 17.1. The minimum absolute atomic E-state index is 0.101. The Hall–Kier alpha value is -2.82. The highest BCUT2D eigenvalue weighted by molar-refractivity contribution is 8.00. The number of rotatable bonds is 7. The number of thiazole rings is 1. The van der Waals surface area contributed by atoms with Crippen molar-refractivity contribution >= 4 is 51.7 Å². The largest absolute Gasteiger partial charge is 0.479 e. The topological polar surface area (TPSA) is 156 Å². The number of aromatic nitrogens is 1. The molecule has 2 saturated heterocycles. The van der Waals surface area contributed by atoms with E-state index in [1.807, 2.05) is 0 Å². The molecule has 3 heterocycles. The van der Waals surface area contributed by atoms with E-state index in [0.717, 1.165) is 11.3 Å². The molecule has 0 aliphatic carbocycles. The molecule has 13 heteroatoms. The number of carbonyl (C=O) groups excluding carboxylic acids is 2. The van der Waals surface area contributed by atoms with Gasteiger partial charge in [0.1, 0.15) is 17.1 Å². The smallest absolute Gasteiger partial charge is 0.338 e. The van der Waals surface area contributed by atoms with Gasteiger partial charge in [-0.3, -0.25) is 9.59 Å². The number of thioether (sulfide) groups is 1. The number of nitrogens with two attached hydrogens (primary N) is 1. The van der Waals surface area contributed by atoms with Gasteiger partial charge in [-0.05, 0) is 0 Å². The number of carboxylic acids is 1. The van der Waals surface area contributed by atoms with E-state index in [-0.39, 0.29) is 35.4 Å². The Balaban J connectivity index is 1.72. The fraction of sp³-hybridized carbons (Fsp3) is 0.438. The second-order valence-corrected chi connectivity index (χ2v) is 8.11. The van der Waals surface area contributed by atoms with Gasteiger partial charge in [0.05, 0.1) is 6.54 Å². The number of amides is 2. The minimum atomic E-state index is -1.47. The molecule has 4 N–H and O–H groups in total. The van der Waals surface area contributed by atoms with Crippen LogP contribution >= 0.6 is 23.1 Å². The van der Waals surface area contributed by atoms with Crippen molar-refractivity contribution in [3.63, 3.8) is 0 Å². The molecule has 2 aliphatic rings. The second-order valence-electron chi connectivity index (χ2n) is 6.11. The number of carbonyl (C=O) groups is 3. The Bertz CT molecular complexity index is 912. The van der Waals surface area contributed by atoms with Gasteiger partial charge < -0.3 is 30.6 Å². The van der Waals surface area contributed by atoms with Crippen molar-refractivity contribution in [1.82, 2.24) is 15.2 Å². The summed E-state index contributed by atoms with van der Waals surface area (Å²) < 4.78 is 5.14. The van der Waals surface area contributed by atoms with Gasteiger partial charge in [0.25, 0.3) is 5.91 Å². The van der Waals surface area contributed by atoms with Gasteiger partial charge in [-0.2, -0.15) is 0 Å². The molecule has 1 aromatic heterocycles. The van der Waals surface area contributed by atoms with Crippen molar-refractivity contribution in [2.24, 2.45) is 5.16 Å². The molecule has 2 aliphatic heterocycles. The number of anilines is 1. The summed E-state index contributed by atoms with van der Waals surface area (Å²) in [6.45, 7) is -0.254. The first kappa shape index (κ1) is 20.9. The zero-order valence-electron chi connectivity index (χ0n) is 15.2. The van der Waals surface area contributed by atoms with Crippen molar-refractivity contribution in [2.75, 3.05) is 31.7 Å². The maximum absolute atomic E-state index is 12.7. The SMILES string of the molecule is C#CCON=C(C(=O)NC1C(=O)N2CC(OC)(C(=O)O)CS[C@H]12)c1csc(N)n1. The van der Waals surface area contributed by atoms with Crippen LogP contribution in [-0.2, 0) is 24.0 Å². The summed E-state index contributed by atoms with van der Waals surface area (Å²) in [4.78, 5) is 47.0. The highest BCUT2D eigenvalue weighted by Crippen LogP contribution is 2.39. The average Bonchev–Trinajstić information content (AvgIpc) is 3.14. The molecular weight excluding hydrogens is 422 g/mol. The number of hydrogen-bond acceptors (Lipinski definition) is 10. The van der Waals surface area contributed by atoms with Crippen LogP contribution in [0.3, 0.4) is 0 Å². The maximum Gasteiger partial charge on any atom is 0.338 e. The lowest BCUT2D eigenvalue weighted by molar-refractivity contribution is -0.170. The highest BCUT2D eigenvalue weighted by Gasteiger charge is 2.58. The monoisotopic (exact) mass is 439 g/mol. The second kappa shape index (κ2) is 8.27. The molecular formula is C16H17N5O6S2. The number of ether oxygens (including phenoxy) is 1. The van der Waals surface area contributed by atoms with Crippen molar-refractivity contribution in [2.45, 2.75) is 17.0 Å². The van der Waals surface area contributed by atoms with Gasteiger partial charge in [-0.15, -0.1) is 29.5 Å². The van der Waals surface area contributed by atoms with Gasteiger partial charge in [0.15, 0.2) is 23.1 Å². The molecule has 0 bridgehead atoms. The van der Waals surface area contributed by atoms with E-state index in [9.17, 15) is 19.5 Å². The zero-order valence-corrected chi connectivity index (χ0v) is 16.8. The number of fused-ring (bicyclic) bond motifs is 1. The van der Waals surface area contributed by atoms with Crippen LogP contribution in [0.15, 0.2) is 10.5 Å². The minimum Gasteiger partial charge on any atom is -0.479 e. The Kier molecular flexibility index (Phi) is 5.96. The molecule has 2 amide bonds. The number of oxime groups is 1. The molecule has 0 aromatic carbocycles. The summed E-state index contributed by atoms with van der Waals surface area (Å²) in [5.41, 5.74) is 4.15. The quantitative estimate of drug-likeness (QED) is 0.159. The number of nitrogen functional groups attached to an aromatic ring is 1. The summed E-state index contributed by atoms with van der Waals surface area (Å²) in [5.74, 6) is 0.104. The molecule has 2 unspecified atom stereocenters. The van der Waals surface area contributed by atoms with Crippen LogP contribution in [0.5, 0.6) is 0 Å². The standard InChI is InChI=1S/C16H17N5O6S2/c1-3-4-27-20-9(8-5-28-15(17)18-8)11(22)19-10-12(23)21-6-16(26-2,14(24)25)7-29-13(10)21/h1,5,10,13H,4,6-7H2,2H3,(H2,17,18)(H,19,22)(H,24,25)/t10?,13-,16?/m1/s1. The Morgan fingerprint density at radius 3 is 2.97 bits per heavy atom. The first-order valence-corrected chi connectivity index (χ1v) is 10.1. The predicted molar refractivity (Wildman–Crippen MR) is 105 cm³/mol. The lowest BCUT2D eigenvalue weighted by atomic mass is 9.99. The lowest BCUT2D eigenvalue weighted by Crippen LogP contribution is -2.75. The van der Waals surface area contributed by atoms with Crippen molar-refractivity contribution in [3.8, 4) is 12.3 Å². The van der Waals surface area contributed by atoms with Crippen LogP contribution in [-0.4, -0.2) is 81.5 Å². The van der Waals surface area contributed by atoms with Crippen LogP contribution in [0.25, 0.3) is 0 Å². The van der Waals surface area contributed by atoms with E-state index in [2.05, 4.69) is 21.4 Å². The average molecular weight is 439 g/mol. The van der Waals surface area contributed by atoms with Gasteiger partial charge >= 0.3 is 5.97 Å². The summed E-state index contributed by atoms with van der Waals surface area (Å²) in [6, 6.07) is -0.843. The fourth-order valence-electron chi connectivity index (χ4n) is 2.84. The third-order valence-electron chi connectivity index (χ3n) is 4.40. The van der Waals surface area contributed by atoms with E-state index >= 15 is 0 Å². The van der Waals surface area contributed by atoms with E-state index < -0.39 is 34.8 Å². The summed E-state index contributed by atoms with van der Waals surface area (Å²) in [6.07, 6.45) is 5.11. The van der Waals surface area contributed by atoms with Crippen LogP contribution in [0.2, 0.25) is 0 Å². The van der Waals surface area contributed by atoms with Gasteiger partial charge in [-0.25, -0.2) is 9.78 Å². The van der Waals surface area contributed by atoms with Crippen LogP contribution < -0.4 is 11.1 Å². The number of aliphatic carboxylic acids is 1. The number of terminal acetylenes is 1. The molecule has 1 aromatic rings. The fourth-order valence-corrected chi connectivity index (χ4v) is 4.89. The number of carboxylic acid groups (broad SMARTS) is 1. The number of nitrogens with zero attached hydrogens (tertiary/aromatic N) is 3. The lowest BCUT2D eigenvalue weighted by Gasteiger charge is -2.53. The van der Waals surface area contributed by atoms with Crippen LogP contribution in [0.4, 0.5) is 5.13 Å². The highest BCUT2D eigenvalue weighted by atomic mass is 32.2. The van der Waals surface area contributed by atoms with E-state index in [1.165, 1.54) is 29.2 Å². The van der Waals surface area contributed by atoms with Gasteiger partial charge in [-0.1, -0.05) is 11.1 Å². The molecule has 0 spiro atoms. The van der Waals surface area contributed by atoms with Crippen LogP contribution in [0, 0.1) is 12.3 Å². The molecule has 3 rings (SSSR count). The molecule has 29 heavy (non-hydrogen) atoms. The first-order chi connectivity index (χ1) is 13.8. The summed E-state index contributed by atoms with van der Waals surface area (Å²) >= 11 is 2.33. The number of β-lactam (4-membered cyclic amide) rings is 1.